The monoisotopic (exact) mass is 373 g/mol. The molecule has 0 radical (unpaired) electrons. The van der Waals surface area contributed by atoms with E-state index >= 15 is 0 Å². The van der Waals surface area contributed by atoms with Crippen LogP contribution in [0.4, 0.5) is 0 Å². The summed E-state index contributed by atoms with van der Waals surface area (Å²) in [6.45, 7) is 0.584. The van der Waals surface area contributed by atoms with Gasteiger partial charge in [-0.05, 0) is 25.7 Å². The van der Waals surface area contributed by atoms with Gasteiger partial charge in [0.15, 0.2) is 5.82 Å². The number of nitrogens with zero attached hydrogens (tertiary/aromatic N) is 3. The minimum Gasteiger partial charge on any atom is -0.469 e. The third kappa shape index (κ3) is 3.79. The van der Waals surface area contributed by atoms with E-state index in [0.717, 1.165) is 12.8 Å². The molecule has 0 aliphatic carbocycles. The van der Waals surface area contributed by atoms with Crippen LogP contribution in [0.3, 0.4) is 0 Å². The number of rotatable bonds is 4. The summed E-state index contributed by atoms with van der Waals surface area (Å²) in [5.41, 5.74) is 0. The average molecular weight is 373 g/mol. The molecule has 0 bridgehead atoms. The van der Waals surface area contributed by atoms with E-state index in [9.17, 15) is 18.0 Å². The Bertz CT molecular complexity index is 775. The van der Waals surface area contributed by atoms with Crippen LogP contribution < -0.4 is 5.76 Å². The number of fused-ring (bicyclic) bond motifs is 1. The number of hydrogen-bond acceptors (Lipinski definition) is 7. The number of sulfonamides is 1. The van der Waals surface area contributed by atoms with Gasteiger partial charge in [0.2, 0.25) is 10.0 Å². The Labute approximate surface area is 146 Å². The Morgan fingerprint density at radius 2 is 2.00 bits per heavy atom. The summed E-state index contributed by atoms with van der Waals surface area (Å²) >= 11 is 0. The van der Waals surface area contributed by atoms with E-state index in [0.29, 0.717) is 44.6 Å². The molecule has 1 saturated heterocycles. The second-order valence-corrected chi connectivity index (χ2v) is 8.62. The van der Waals surface area contributed by atoms with Crippen LogP contribution in [0.25, 0.3) is 0 Å². The van der Waals surface area contributed by atoms with Crippen LogP contribution >= 0.6 is 0 Å². The van der Waals surface area contributed by atoms with Crippen LogP contribution in [-0.4, -0.2) is 54.4 Å². The smallest absolute Gasteiger partial charge is 0.441 e. The van der Waals surface area contributed by atoms with Crippen molar-refractivity contribution in [2.75, 3.05) is 26.0 Å². The maximum absolute atomic E-state index is 12.8. The van der Waals surface area contributed by atoms with Crippen LogP contribution in [0, 0.1) is 5.92 Å². The second-order valence-electron chi connectivity index (χ2n) is 6.61. The lowest BCUT2D eigenvalue weighted by atomic mass is 9.99. The Kier molecular flexibility index (Phi) is 5.28. The molecule has 3 heterocycles. The number of carbonyl (C=O) groups excluding carboxylic acids is 1. The van der Waals surface area contributed by atoms with Gasteiger partial charge in [-0.1, -0.05) is 11.6 Å². The Hall–Kier alpha value is -1.68. The Balaban J connectivity index is 1.71. The standard InChI is InChI=1S/C15H23N3O6S/c1-23-14(19)11-6-8-17(9-7-11)25(21,22)10-12-4-2-3-5-13-16-24-15(20)18(12)13/h11-12H,2-10H2,1H3. The summed E-state index contributed by atoms with van der Waals surface area (Å²) in [6, 6.07) is -0.459. The largest absolute Gasteiger partial charge is 0.469 e. The number of carbonyl (C=O) groups is 1. The molecule has 1 aromatic heterocycles. The quantitative estimate of drug-likeness (QED) is 0.699. The fourth-order valence-corrected chi connectivity index (χ4v) is 5.43. The molecule has 0 amide bonds. The van der Waals surface area contributed by atoms with E-state index < -0.39 is 21.8 Å². The number of esters is 1. The topological polar surface area (TPSA) is 112 Å². The molecule has 1 unspecified atom stereocenters. The molecule has 140 valence electrons. The van der Waals surface area contributed by atoms with Crippen molar-refractivity contribution in [1.29, 1.82) is 0 Å². The van der Waals surface area contributed by atoms with Crippen LogP contribution in [0.15, 0.2) is 9.32 Å². The molecule has 1 aromatic rings. The zero-order chi connectivity index (χ0) is 18.0. The summed E-state index contributed by atoms with van der Waals surface area (Å²) in [6.07, 6.45) is 3.82. The summed E-state index contributed by atoms with van der Waals surface area (Å²) in [5, 5.41) is 3.76. The Morgan fingerprint density at radius 1 is 1.28 bits per heavy atom. The van der Waals surface area contributed by atoms with Crippen LogP contribution in [-0.2, 0) is 26.0 Å². The van der Waals surface area contributed by atoms with Gasteiger partial charge in [0.1, 0.15) is 0 Å². The Morgan fingerprint density at radius 3 is 2.68 bits per heavy atom. The van der Waals surface area contributed by atoms with E-state index in [1.165, 1.54) is 16.0 Å². The van der Waals surface area contributed by atoms with Gasteiger partial charge in [0.05, 0.1) is 24.8 Å². The predicted octanol–water partition coefficient (Wildman–Crippen LogP) is 0.319. The lowest BCUT2D eigenvalue weighted by molar-refractivity contribution is -0.146. The number of aromatic nitrogens is 2. The van der Waals surface area contributed by atoms with Gasteiger partial charge in [-0.15, -0.1) is 0 Å². The van der Waals surface area contributed by atoms with Crippen molar-refractivity contribution in [3.8, 4) is 0 Å². The molecular weight excluding hydrogens is 350 g/mol. The third-order valence-corrected chi connectivity index (χ3v) is 7.00. The molecule has 0 spiro atoms. The molecule has 9 nitrogen and oxygen atoms in total. The zero-order valence-electron chi connectivity index (χ0n) is 14.2. The highest BCUT2D eigenvalue weighted by Crippen LogP contribution is 2.26. The predicted molar refractivity (Wildman–Crippen MR) is 87.5 cm³/mol. The van der Waals surface area contributed by atoms with Crippen molar-refractivity contribution in [3.63, 3.8) is 0 Å². The minimum atomic E-state index is -3.54. The van der Waals surface area contributed by atoms with Gasteiger partial charge < -0.3 is 4.74 Å². The van der Waals surface area contributed by atoms with Gasteiger partial charge in [0.25, 0.3) is 0 Å². The van der Waals surface area contributed by atoms with Gasteiger partial charge in [-0.3, -0.25) is 13.9 Å². The summed E-state index contributed by atoms with van der Waals surface area (Å²) in [4.78, 5) is 23.5. The molecule has 3 rings (SSSR count). The van der Waals surface area contributed by atoms with Gasteiger partial charge in [0, 0.05) is 19.5 Å². The van der Waals surface area contributed by atoms with E-state index in [1.54, 1.807) is 0 Å². The van der Waals surface area contributed by atoms with E-state index in [-0.39, 0.29) is 17.6 Å². The van der Waals surface area contributed by atoms with Gasteiger partial charge in [-0.25, -0.2) is 17.5 Å². The molecular formula is C15H23N3O6S. The maximum atomic E-state index is 12.8. The number of aryl methyl sites for hydroxylation is 1. The number of piperidine rings is 1. The van der Waals surface area contributed by atoms with Crippen LogP contribution in [0.2, 0.25) is 0 Å². The highest BCUT2D eigenvalue weighted by Gasteiger charge is 2.35. The van der Waals surface area contributed by atoms with Crippen molar-refractivity contribution >= 4 is 16.0 Å². The van der Waals surface area contributed by atoms with E-state index in [1.807, 2.05) is 0 Å². The van der Waals surface area contributed by atoms with Gasteiger partial charge >= 0.3 is 11.7 Å². The average Bonchev–Trinajstić information content (AvgIpc) is 2.85. The molecule has 2 aliphatic heterocycles. The normalized spacial score (nSPS) is 23.0. The second kappa shape index (κ2) is 7.28. The minimum absolute atomic E-state index is 0.149. The summed E-state index contributed by atoms with van der Waals surface area (Å²) in [7, 11) is -2.20. The van der Waals surface area contributed by atoms with Crippen LogP contribution in [0.1, 0.15) is 44.0 Å². The summed E-state index contributed by atoms with van der Waals surface area (Å²) < 4.78 is 37.8. The summed E-state index contributed by atoms with van der Waals surface area (Å²) in [5.74, 6) is -0.763. The van der Waals surface area contributed by atoms with Crippen molar-refractivity contribution in [1.82, 2.24) is 14.0 Å². The van der Waals surface area contributed by atoms with E-state index in [4.69, 9.17) is 9.26 Å². The highest BCUT2D eigenvalue weighted by molar-refractivity contribution is 7.89. The molecule has 1 fully saturated rings. The molecule has 10 heteroatoms. The molecule has 25 heavy (non-hydrogen) atoms. The molecule has 0 N–H and O–H groups in total. The van der Waals surface area contributed by atoms with Crippen molar-refractivity contribution in [2.24, 2.45) is 5.92 Å². The first-order chi connectivity index (χ1) is 11.9. The number of ether oxygens (including phenoxy) is 1. The first-order valence-electron chi connectivity index (χ1n) is 8.55. The molecule has 0 aromatic carbocycles. The van der Waals surface area contributed by atoms with Crippen molar-refractivity contribution < 1.29 is 22.5 Å². The first kappa shape index (κ1) is 18.1. The number of hydrogen-bond donors (Lipinski definition) is 0. The SMILES string of the molecule is COC(=O)C1CCN(S(=O)(=O)CC2CCCCc3noc(=O)n32)CC1. The lowest BCUT2D eigenvalue weighted by Crippen LogP contribution is -2.43. The third-order valence-electron chi connectivity index (χ3n) is 5.04. The number of methoxy groups -OCH3 is 1. The fraction of sp³-hybridized carbons (Fsp3) is 0.800. The van der Waals surface area contributed by atoms with E-state index in [2.05, 4.69) is 5.16 Å². The van der Waals surface area contributed by atoms with Crippen molar-refractivity contribution in [2.45, 2.75) is 44.6 Å². The fourth-order valence-electron chi connectivity index (χ4n) is 3.65. The van der Waals surface area contributed by atoms with Crippen LogP contribution in [0.5, 0.6) is 0 Å². The van der Waals surface area contributed by atoms with Crippen molar-refractivity contribution in [3.05, 3.63) is 16.4 Å². The molecule has 1 atom stereocenters. The van der Waals surface area contributed by atoms with Gasteiger partial charge in [-0.2, -0.15) is 0 Å². The molecule has 2 aliphatic rings. The molecule has 0 saturated carbocycles. The highest BCUT2D eigenvalue weighted by atomic mass is 32.2. The maximum Gasteiger partial charge on any atom is 0.441 e. The lowest BCUT2D eigenvalue weighted by Gasteiger charge is -2.31. The first-order valence-corrected chi connectivity index (χ1v) is 10.2. The zero-order valence-corrected chi connectivity index (χ0v) is 15.0.